The zero-order valence-electron chi connectivity index (χ0n) is 15.9. The van der Waals surface area contributed by atoms with Crippen LogP contribution in [0.3, 0.4) is 0 Å². The minimum absolute atomic E-state index is 0. The van der Waals surface area contributed by atoms with E-state index in [2.05, 4.69) is 19.9 Å². The Morgan fingerprint density at radius 3 is 2.63 bits per heavy atom. The summed E-state index contributed by atoms with van der Waals surface area (Å²) in [6.07, 6.45) is 1.62. The molecule has 3 N–H and O–H groups in total. The molecule has 3 aromatic heterocycles. The van der Waals surface area contributed by atoms with Gasteiger partial charge in [0.05, 0.1) is 22.1 Å². The van der Waals surface area contributed by atoms with Gasteiger partial charge in [-0.05, 0) is 23.6 Å². The molecule has 1 aliphatic heterocycles. The highest BCUT2D eigenvalue weighted by Crippen LogP contribution is 2.26. The van der Waals surface area contributed by atoms with Crippen molar-refractivity contribution in [3.8, 4) is 11.5 Å². The fraction of sp³-hybridized carbons (Fsp3) is 0.211. The van der Waals surface area contributed by atoms with Crippen LogP contribution in [-0.2, 0) is 10.0 Å². The Kier molecular flexibility index (Phi) is 4.65. The number of aromatic nitrogens is 4. The van der Waals surface area contributed by atoms with Crippen molar-refractivity contribution in [1.82, 2.24) is 24.2 Å². The molecule has 9 nitrogen and oxygen atoms in total. The Morgan fingerprint density at radius 1 is 1.10 bits per heavy atom. The van der Waals surface area contributed by atoms with Crippen LogP contribution in [0.4, 0.5) is 11.6 Å². The molecule has 30 heavy (non-hydrogen) atoms. The largest absolute Gasteiger partial charge is 0.382 e. The van der Waals surface area contributed by atoms with Crippen LogP contribution in [0.15, 0.2) is 52.2 Å². The molecule has 1 aromatic carbocycles. The van der Waals surface area contributed by atoms with Gasteiger partial charge in [-0.2, -0.15) is 15.6 Å². The SMILES string of the molecule is Nc1ncc(N2CCN(S(=O)(=O)c3ccsc3)CC2)nc1-c1nc2ccccc2[nH]1.[HH].[HH]. The number of hydrogen-bond acceptors (Lipinski definition) is 8. The molecule has 1 aliphatic rings. The highest BCUT2D eigenvalue weighted by atomic mass is 32.2. The second-order valence-electron chi connectivity index (χ2n) is 6.91. The van der Waals surface area contributed by atoms with Crippen molar-refractivity contribution in [2.24, 2.45) is 0 Å². The average molecular weight is 446 g/mol. The van der Waals surface area contributed by atoms with Gasteiger partial charge in [-0.3, -0.25) is 0 Å². The standard InChI is InChI=1S/C19H19N7O2S2.2H2/c20-18-17(19-22-14-3-1-2-4-15(14)23-19)24-16(11-21-18)25-6-8-26(9-7-25)30(27,28)13-5-10-29-12-13;;/h1-5,10-12H,6-9H2,(H2,20,21)(H,22,23);2*1H. The Labute approximate surface area is 180 Å². The second-order valence-corrected chi connectivity index (χ2v) is 9.63. The first kappa shape index (κ1) is 19.0. The van der Waals surface area contributed by atoms with E-state index < -0.39 is 10.0 Å². The second kappa shape index (κ2) is 7.35. The number of nitrogens with zero attached hydrogens (tertiary/aromatic N) is 5. The van der Waals surface area contributed by atoms with Gasteiger partial charge in [0.25, 0.3) is 0 Å². The summed E-state index contributed by atoms with van der Waals surface area (Å²) in [7, 11) is -3.45. The molecular formula is C19H23N7O2S2. The molecule has 0 spiro atoms. The molecule has 0 radical (unpaired) electrons. The zero-order valence-corrected chi connectivity index (χ0v) is 17.5. The normalized spacial score (nSPS) is 15.7. The van der Waals surface area contributed by atoms with Crippen molar-refractivity contribution in [3.05, 3.63) is 47.3 Å². The Morgan fingerprint density at radius 2 is 1.90 bits per heavy atom. The lowest BCUT2D eigenvalue weighted by Crippen LogP contribution is -2.48. The Hall–Kier alpha value is -3.02. The molecule has 0 amide bonds. The molecule has 4 heterocycles. The molecular weight excluding hydrogens is 422 g/mol. The van der Waals surface area contributed by atoms with E-state index >= 15 is 0 Å². The van der Waals surface area contributed by atoms with Crippen molar-refractivity contribution < 1.29 is 11.3 Å². The van der Waals surface area contributed by atoms with Gasteiger partial charge in [-0.25, -0.2) is 23.4 Å². The number of para-hydroxylation sites is 2. The van der Waals surface area contributed by atoms with Gasteiger partial charge in [0.1, 0.15) is 5.82 Å². The summed E-state index contributed by atoms with van der Waals surface area (Å²) in [5.74, 6) is 1.49. The van der Waals surface area contributed by atoms with Gasteiger partial charge in [0.2, 0.25) is 10.0 Å². The number of thiophene rings is 1. The van der Waals surface area contributed by atoms with E-state index in [1.807, 2.05) is 29.2 Å². The van der Waals surface area contributed by atoms with Gasteiger partial charge in [-0.1, -0.05) is 12.1 Å². The topological polar surface area (TPSA) is 121 Å². The van der Waals surface area contributed by atoms with Crippen LogP contribution >= 0.6 is 11.3 Å². The maximum Gasteiger partial charge on any atom is 0.244 e. The molecule has 1 fully saturated rings. The number of nitrogens with one attached hydrogen (secondary N) is 1. The quantitative estimate of drug-likeness (QED) is 0.495. The van der Waals surface area contributed by atoms with Crippen LogP contribution in [0, 0.1) is 0 Å². The number of fused-ring (bicyclic) bond motifs is 1. The summed E-state index contributed by atoms with van der Waals surface area (Å²) in [6, 6.07) is 9.33. The fourth-order valence-corrected chi connectivity index (χ4v) is 5.92. The molecule has 11 heteroatoms. The number of piperazine rings is 1. The third kappa shape index (κ3) is 3.30. The monoisotopic (exact) mass is 445 g/mol. The number of hydrogen-bond donors (Lipinski definition) is 2. The molecule has 0 atom stereocenters. The first-order valence-electron chi connectivity index (χ1n) is 9.37. The fourth-order valence-electron chi connectivity index (χ4n) is 3.49. The zero-order chi connectivity index (χ0) is 20.7. The van der Waals surface area contributed by atoms with Crippen LogP contribution in [0.1, 0.15) is 2.85 Å². The van der Waals surface area contributed by atoms with Gasteiger partial charge in [0.15, 0.2) is 17.3 Å². The van der Waals surface area contributed by atoms with Crippen LogP contribution in [0.2, 0.25) is 0 Å². The van der Waals surface area contributed by atoms with Crippen LogP contribution in [0.5, 0.6) is 0 Å². The molecule has 5 rings (SSSR count). The molecule has 158 valence electrons. The van der Waals surface area contributed by atoms with Crippen LogP contribution in [-0.4, -0.2) is 58.8 Å². The van der Waals surface area contributed by atoms with E-state index in [9.17, 15) is 8.42 Å². The molecule has 0 bridgehead atoms. The van der Waals surface area contributed by atoms with Gasteiger partial charge in [-0.15, -0.1) is 0 Å². The van der Waals surface area contributed by atoms with Crippen molar-refractivity contribution >= 4 is 44.0 Å². The predicted octanol–water partition coefficient (Wildman–Crippen LogP) is 2.67. The maximum atomic E-state index is 12.7. The lowest BCUT2D eigenvalue weighted by Gasteiger charge is -2.34. The lowest BCUT2D eigenvalue weighted by atomic mass is 10.3. The highest BCUT2D eigenvalue weighted by Gasteiger charge is 2.29. The van der Waals surface area contributed by atoms with Gasteiger partial charge in [0, 0.05) is 34.4 Å². The molecule has 0 saturated carbocycles. The number of aromatic amines is 1. The van der Waals surface area contributed by atoms with E-state index in [4.69, 9.17) is 5.73 Å². The molecule has 0 unspecified atom stereocenters. The van der Waals surface area contributed by atoms with Crippen molar-refractivity contribution in [1.29, 1.82) is 0 Å². The molecule has 1 saturated heterocycles. The van der Waals surface area contributed by atoms with Crippen molar-refractivity contribution in [2.75, 3.05) is 36.8 Å². The summed E-state index contributed by atoms with van der Waals surface area (Å²) in [4.78, 5) is 19.1. The number of rotatable bonds is 4. The number of anilines is 2. The summed E-state index contributed by atoms with van der Waals surface area (Å²) < 4.78 is 26.9. The number of imidazole rings is 1. The first-order valence-corrected chi connectivity index (χ1v) is 11.8. The van der Waals surface area contributed by atoms with E-state index in [1.54, 1.807) is 23.0 Å². The van der Waals surface area contributed by atoms with Gasteiger partial charge < -0.3 is 15.6 Å². The predicted molar refractivity (Wildman–Crippen MR) is 121 cm³/mol. The third-order valence-corrected chi connectivity index (χ3v) is 7.82. The molecule has 4 aromatic rings. The van der Waals surface area contributed by atoms with E-state index in [0.717, 1.165) is 11.0 Å². The number of sulfonamides is 1. The summed E-state index contributed by atoms with van der Waals surface area (Å²) in [6.45, 7) is 1.79. The minimum Gasteiger partial charge on any atom is -0.382 e. The van der Waals surface area contributed by atoms with E-state index in [0.29, 0.717) is 48.4 Å². The number of nitrogens with two attached hydrogens (primary N) is 1. The summed E-state index contributed by atoms with van der Waals surface area (Å²) in [5, 5.41) is 3.43. The van der Waals surface area contributed by atoms with Crippen molar-refractivity contribution in [3.63, 3.8) is 0 Å². The van der Waals surface area contributed by atoms with Crippen LogP contribution < -0.4 is 10.6 Å². The Bertz CT molecular complexity index is 1270. The smallest absolute Gasteiger partial charge is 0.244 e. The number of benzene rings is 1. The van der Waals surface area contributed by atoms with E-state index in [-0.39, 0.29) is 8.67 Å². The number of H-pyrrole nitrogens is 1. The maximum absolute atomic E-state index is 12.7. The minimum atomic E-state index is -3.45. The molecule has 0 aliphatic carbocycles. The van der Waals surface area contributed by atoms with Crippen LogP contribution in [0.25, 0.3) is 22.6 Å². The lowest BCUT2D eigenvalue weighted by molar-refractivity contribution is 0.384. The summed E-state index contributed by atoms with van der Waals surface area (Å²) in [5.41, 5.74) is 8.27. The third-order valence-electron chi connectivity index (χ3n) is 5.10. The number of nitrogen functional groups attached to an aromatic ring is 1. The van der Waals surface area contributed by atoms with Crippen molar-refractivity contribution in [2.45, 2.75) is 4.90 Å². The first-order chi connectivity index (χ1) is 14.5. The van der Waals surface area contributed by atoms with E-state index in [1.165, 1.54) is 15.6 Å². The average Bonchev–Trinajstić information content (AvgIpc) is 3.44. The summed E-state index contributed by atoms with van der Waals surface area (Å²) >= 11 is 1.37. The highest BCUT2D eigenvalue weighted by molar-refractivity contribution is 7.89. The Balaban J connectivity index is 0.00000144. The van der Waals surface area contributed by atoms with Gasteiger partial charge >= 0.3 is 0 Å².